The maximum absolute atomic E-state index is 10.6. The molecule has 0 aliphatic carbocycles. The van der Waals surface area contributed by atoms with E-state index in [1.807, 2.05) is 0 Å². The minimum Gasteiger partial charge on any atom is -0.370 e. The van der Waals surface area contributed by atoms with Gasteiger partial charge in [-0.05, 0) is 38.5 Å². The molecule has 0 heterocycles. The molecule has 0 fully saturated rings. The van der Waals surface area contributed by atoms with Crippen LogP contribution < -0.4 is 5.73 Å². The number of hydrogen-bond donors (Lipinski definition) is 1. The molecule has 0 rings (SSSR count). The van der Waals surface area contributed by atoms with Crippen molar-refractivity contribution in [1.29, 1.82) is 0 Å². The summed E-state index contributed by atoms with van der Waals surface area (Å²) in [6, 6.07) is 0. The Bertz CT molecular complexity index is 329. The number of amides is 1. The van der Waals surface area contributed by atoms with E-state index in [0.717, 1.165) is 32.1 Å². The number of primary amides is 1. The normalized spacial score (nSPS) is 12.0. The van der Waals surface area contributed by atoms with Gasteiger partial charge in [0.05, 0.1) is 0 Å². The first-order valence-electron chi connectivity index (χ1n) is 9.00. The monoisotopic (exact) mass is 305 g/mol. The second kappa shape index (κ2) is 17.7. The molecule has 0 atom stereocenters. The Morgan fingerprint density at radius 3 is 1.82 bits per heavy atom. The second-order valence-electron chi connectivity index (χ2n) is 5.77. The van der Waals surface area contributed by atoms with Crippen LogP contribution in [0.2, 0.25) is 0 Å². The molecule has 2 nitrogen and oxygen atoms in total. The van der Waals surface area contributed by atoms with Crippen LogP contribution in [0.3, 0.4) is 0 Å². The lowest BCUT2D eigenvalue weighted by Gasteiger charge is -2.00. The van der Waals surface area contributed by atoms with Crippen LogP contribution in [0.25, 0.3) is 0 Å². The third kappa shape index (κ3) is 18.7. The number of rotatable bonds is 15. The van der Waals surface area contributed by atoms with Gasteiger partial charge in [0.25, 0.3) is 0 Å². The van der Waals surface area contributed by atoms with E-state index >= 15 is 0 Å². The molecule has 0 aliphatic rings. The number of hydrogen-bond acceptors (Lipinski definition) is 1. The Balaban J connectivity index is 3.20. The standard InChI is InChI=1S/C20H35NO/c1-2-3-4-5-6-7-8-9-10-11-12-13-14-15-16-17-18-19-20(21)22/h3-4,6-7,9-10H,2,5,8,11-19H2,1H3,(H2,21,22)/b4-3-,7-6-,10-9-. The van der Waals surface area contributed by atoms with Gasteiger partial charge in [0.15, 0.2) is 0 Å². The predicted octanol–water partition coefficient (Wildman–Crippen LogP) is 5.84. The Hall–Kier alpha value is -1.31. The molecule has 0 saturated heterocycles. The molecule has 0 aromatic rings. The van der Waals surface area contributed by atoms with Crippen LogP contribution in [0.5, 0.6) is 0 Å². The van der Waals surface area contributed by atoms with Gasteiger partial charge >= 0.3 is 0 Å². The maximum atomic E-state index is 10.6. The Kier molecular flexibility index (Phi) is 16.7. The van der Waals surface area contributed by atoms with E-state index in [2.05, 4.69) is 43.4 Å². The molecule has 2 N–H and O–H groups in total. The molecule has 0 aliphatic heterocycles. The quantitative estimate of drug-likeness (QED) is 0.300. The summed E-state index contributed by atoms with van der Waals surface area (Å²) in [5.74, 6) is -0.168. The lowest BCUT2D eigenvalue weighted by Crippen LogP contribution is -2.09. The summed E-state index contributed by atoms with van der Waals surface area (Å²) in [5, 5.41) is 0. The molecule has 0 spiro atoms. The van der Waals surface area contributed by atoms with Crippen molar-refractivity contribution < 1.29 is 4.79 Å². The van der Waals surface area contributed by atoms with Gasteiger partial charge < -0.3 is 5.73 Å². The zero-order chi connectivity index (χ0) is 16.3. The maximum Gasteiger partial charge on any atom is 0.217 e. The summed E-state index contributed by atoms with van der Waals surface area (Å²) < 4.78 is 0. The van der Waals surface area contributed by atoms with Crippen LogP contribution in [-0.2, 0) is 4.79 Å². The topological polar surface area (TPSA) is 43.1 Å². The average Bonchev–Trinajstić information content (AvgIpc) is 2.50. The molecule has 0 aromatic heterocycles. The van der Waals surface area contributed by atoms with Crippen molar-refractivity contribution in [2.45, 2.75) is 84.0 Å². The van der Waals surface area contributed by atoms with Crippen molar-refractivity contribution in [1.82, 2.24) is 0 Å². The molecule has 22 heavy (non-hydrogen) atoms. The summed E-state index contributed by atoms with van der Waals surface area (Å²) in [5.41, 5.74) is 5.11. The minimum absolute atomic E-state index is 0.168. The fourth-order valence-electron chi connectivity index (χ4n) is 2.27. The number of carbonyl (C=O) groups is 1. The fourth-order valence-corrected chi connectivity index (χ4v) is 2.27. The van der Waals surface area contributed by atoms with E-state index in [4.69, 9.17) is 5.73 Å². The lowest BCUT2D eigenvalue weighted by molar-refractivity contribution is -0.118. The number of carbonyl (C=O) groups excluding carboxylic acids is 1. The van der Waals surface area contributed by atoms with Gasteiger partial charge in [0, 0.05) is 6.42 Å². The van der Waals surface area contributed by atoms with Crippen LogP contribution in [0.15, 0.2) is 36.5 Å². The van der Waals surface area contributed by atoms with Crippen LogP contribution in [0.4, 0.5) is 0 Å². The second-order valence-corrected chi connectivity index (χ2v) is 5.77. The van der Waals surface area contributed by atoms with E-state index in [1.165, 1.54) is 38.5 Å². The van der Waals surface area contributed by atoms with Crippen LogP contribution >= 0.6 is 0 Å². The lowest BCUT2D eigenvalue weighted by atomic mass is 10.1. The van der Waals surface area contributed by atoms with Crippen molar-refractivity contribution in [3.8, 4) is 0 Å². The highest BCUT2D eigenvalue weighted by atomic mass is 16.1. The van der Waals surface area contributed by atoms with Gasteiger partial charge in [-0.25, -0.2) is 0 Å². The third-order valence-electron chi connectivity index (χ3n) is 3.57. The molecule has 0 bridgehead atoms. The number of allylic oxidation sites excluding steroid dienone is 6. The van der Waals surface area contributed by atoms with Gasteiger partial charge in [0.2, 0.25) is 5.91 Å². The van der Waals surface area contributed by atoms with Crippen LogP contribution in [0.1, 0.15) is 84.0 Å². The molecule has 2 heteroatoms. The number of nitrogens with two attached hydrogens (primary N) is 1. The minimum atomic E-state index is -0.168. The van der Waals surface area contributed by atoms with E-state index in [-0.39, 0.29) is 5.91 Å². The van der Waals surface area contributed by atoms with Gasteiger partial charge in [-0.1, -0.05) is 75.5 Å². The van der Waals surface area contributed by atoms with Crippen LogP contribution in [-0.4, -0.2) is 5.91 Å². The fraction of sp³-hybridized carbons (Fsp3) is 0.650. The molecular weight excluding hydrogens is 270 g/mol. The first-order valence-corrected chi connectivity index (χ1v) is 9.00. The summed E-state index contributed by atoms with van der Waals surface area (Å²) in [6.07, 6.45) is 27.0. The largest absolute Gasteiger partial charge is 0.370 e. The molecule has 0 aromatic carbocycles. The summed E-state index contributed by atoms with van der Waals surface area (Å²) in [4.78, 5) is 10.6. The Morgan fingerprint density at radius 1 is 0.727 bits per heavy atom. The predicted molar refractivity (Wildman–Crippen MR) is 97.7 cm³/mol. The van der Waals surface area contributed by atoms with E-state index in [9.17, 15) is 4.79 Å². The van der Waals surface area contributed by atoms with Crippen molar-refractivity contribution in [2.75, 3.05) is 0 Å². The van der Waals surface area contributed by atoms with Crippen molar-refractivity contribution in [2.24, 2.45) is 5.73 Å². The van der Waals surface area contributed by atoms with E-state index < -0.39 is 0 Å². The molecule has 126 valence electrons. The molecule has 0 radical (unpaired) electrons. The highest BCUT2D eigenvalue weighted by Crippen LogP contribution is 2.10. The Labute approximate surface area is 137 Å². The molecule has 0 unspecified atom stereocenters. The SMILES string of the molecule is CC/C=C\C/C=C\C/C=C\CCCCCCCCCC(N)=O. The van der Waals surface area contributed by atoms with E-state index in [0.29, 0.717) is 6.42 Å². The highest BCUT2D eigenvalue weighted by molar-refractivity contribution is 5.73. The first kappa shape index (κ1) is 20.7. The average molecular weight is 306 g/mol. The van der Waals surface area contributed by atoms with Gasteiger partial charge in [-0.15, -0.1) is 0 Å². The van der Waals surface area contributed by atoms with E-state index in [1.54, 1.807) is 0 Å². The summed E-state index contributed by atoms with van der Waals surface area (Å²) in [6.45, 7) is 2.16. The first-order chi connectivity index (χ1) is 10.8. The zero-order valence-corrected chi connectivity index (χ0v) is 14.4. The third-order valence-corrected chi connectivity index (χ3v) is 3.57. The van der Waals surface area contributed by atoms with Gasteiger partial charge in [0.1, 0.15) is 0 Å². The molecule has 0 saturated carbocycles. The molecule has 1 amide bonds. The summed E-state index contributed by atoms with van der Waals surface area (Å²) in [7, 11) is 0. The van der Waals surface area contributed by atoms with Crippen molar-refractivity contribution >= 4 is 5.91 Å². The summed E-state index contributed by atoms with van der Waals surface area (Å²) >= 11 is 0. The van der Waals surface area contributed by atoms with Crippen molar-refractivity contribution in [3.05, 3.63) is 36.5 Å². The smallest absolute Gasteiger partial charge is 0.217 e. The Morgan fingerprint density at radius 2 is 1.23 bits per heavy atom. The highest BCUT2D eigenvalue weighted by Gasteiger charge is 1.94. The van der Waals surface area contributed by atoms with Gasteiger partial charge in [-0.2, -0.15) is 0 Å². The van der Waals surface area contributed by atoms with Crippen LogP contribution in [0, 0.1) is 0 Å². The molecular formula is C20H35NO. The number of unbranched alkanes of at least 4 members (excludes halogenated alkanes) is 7. The van der Waals surface area contributed by atoms with Crippen molar-refractivity contribution in [3.63, 3.8) is 0 Å². The zero-order valence-electron chi connectivity index (χ0n) is 14.4. The van der Waals surface area contributed by atoms with Gasteiger partial charge in [-0.3, -0.25) is 4.79 Å².